The highest BCUT2D eigenvalue weighted by atomic mass is 19.4. The molecule has 0 radical (unpaired) electrons. The first-order valence-electron chi connectivity index (χ1n) is 4.80. The van der Waals surface area contributed by atoms with Gasteiger partial charge >= 0.3 is 6.18 Å². The van der Waals surface area contributed by atoms with Crippen LogP contribution in [-0.4, -0.2) is 6.18 Å². The monoisotopic (exact) mass is 196 g/mol. The van der Waals surface area contributed by atoms with E-state index in [9.17, 15) is 13.2 Å². The molecule has 80 valence electrons. The highest BCUT2D eigenvalue weighted by Gasteiger charge is 2.39. The maximum atomic E-state index is 12.4. The Kier molecular flexibility index (Phi) is 4.79. The molecule has 0 atom stereocenters. The molecule has 0 aromatic carbocycles. The number of rotatable bonds is 4. The van der Waals surface area contributed by atoms with Gasteiger partial charge in [0.15, 0.2) is 0 Å². The zero-order valence-electron chi connectivity index (χ0n) is 8.78. The maximum absolute atomic E-state index is 12.4. The third kappa shape index (κ3) is 5.94. The van der Waals surface area contributed by atoms with Crippen molar-refractivity contribution < 1.29 is 13.2 Å². The lowest BCUT2D eigenvalue weighted by atomic mass is 9.89. The average molecular weight is 196 g/mol. The summed E-state index contributed by atoms with van der Waals surface area (Å²) < 4.78 is 37.3. The predicted octanol–water partition coefficient (Wildman–Crippen LogP) is 4.26. The minimum atomic E-state index is -4.02. The Morgan fingerprint density at radius 1 is 0.846 bits per heavy atom. The standard InChI is InChI=1S/C10H19F3/c1-7(2)5-9(6-8(3)4)10(11,12)13/h7-9H,5-6H2,1-4H3. The van der Waals surface area contributed by atoms with Gasteiger partial charge in [0, 0.05) is 0 Å². The van der Waals surface area contributed by atoms with Crippen molar-refractivity contribution in [3.8, 4) is 0 Å². The van der Waals surface area contributed by atoms with Crippen molar-refractivity contribution in [1.29, 1.82) is 0 Å². The summed E-state index contributed by atoms with van der Waals surface area (Å²) in [5, 5.41) is 0. The highest BCUT2D eigenvalue weighted by Crippen LogP contribution is 2.35. The third-order valence-electron chi connectivity index (χ3n) is 1.97. The van der Waals surface area contributed by atoms with Crippen LogP contribution >= 0.6 is 0 Å². The molecule has 0 aliphatic heterocycles. The fraction of sp³-hybridized carbons (Fsp3) is 1.00. The number of hydrogen-bond acceptors (Lipinski definition) is 0. The van der Waals surface area contributed by atoms with Crippen molar-refractivity contribution >= 4 is 0 Å². The van der Waals surface area contributed by atoms with Crippen LogP contribution in [0.15, 0.2) is 0 Å². The number of alkyl halides is 3. The SMILES string of the molecule is CC(C)CC(CC(C)C)C(F)(F)F. The summed E-state index contributed by atoms with van der Waals surface area (Å²) in [5.74, 6) is -0.886. The van der Waals surface area contributed by atoms with E-state index in [2.05, 4.69) is 0 Å². The van der Waals surface area contributed by atoms with Gasteiger partial charge in [-0.05, 0) is 24.7 Å². The van der Waals surface area contributed by atoms with Gasteiger partial charge in [-0.25, -0.2) is 0 Å². The van der Waals surface area contributed by atoms with Gasteiger partial charge in [-0.3, -0.25) is 0 Å². The second-order valence-corrected chi connectivity index (χ2v) is 4.50. The Bertz CT molecular complexity index is 126. The summed E-state index contributed by atoms with van der Waals surface area (Å²) >= 11 is 0. The van der Waals surface area contributed by atoms with Crippen molar-refractivity contribution in [3.05, 3.63) is 0 Å². The summed E-state index contributed by atoms with van der Waals surface area (Å²) in [6.45, 7) is 7.33. The minimum absolute atomic E-state index is 0.116. The van der Waals surface area contributed by atoms with E-state index in [0.717, 1.165) is 0 Å². The molecule has 0 unspecified atom stereocenters. The maximum Gasteiger partial charge on any atom is 0.391 e. The summed E-state index contributed by atoms with van der Waals surface area (Å²) in [6.07, 6.45) is -3.52. The van der Waals surface area contributed by atoms with Crippen molar-refractivity contribution in [2.75, 3.05) is 0 Å². The molecule has 13 heavy (non-hydrogen) atoms. The minimum Gasteiger partial charge on any atom is -0.171 e. The molecule has 0 rings (SSSR count). The Balaban J connectivity index is 4.20. The predicted molar refractivity (Wildman–Crippen MR) is 48.5 cm³/mol. The molecular formula is C10H19F3. The fourth-order valence-corrected chi connectivity index (χ4v) is 1.50. The van der Waals surface area contributed by atoms with Gasteiger partial charge in [0.2, 0.25) is 0 Å². The van der Waals surface area contributed by atoms with Crippen LogP contribution in [0.3, 0.4) is 0 Å². The Morgan fingerprint density at radius 2 is 1.15 bits per heavy atom. The van der Waals surface area contributed by atoms with Gasteiger partial charge < -0.3 is 0 Å². The largest absolute Gasteiger partial charge is 0.391 e. The second kappa shape index (κ2) is 4.87. The van der Waals surface area contributed by atoms with E-state index in [0.29, 0.717) is 0 Å². The van der Waals surface area contributed by atoms with Gasteiger partial charge in [-0.1, -0.05) is 27.7 Å². The molecule has 0 aliphatic carbocycles. The molecule has 0 fully saturated rings. The molecule has 0 N–H and O–H groups in total. The average Bonchev–Trinajstić information content (AvgIpc) is 1.81. The van der Waals surface area contributed by atoms with Crippen LogP contribution in [0.2, 0.25) is 0 Å². The normalized spacial score (nSPS) is 13.4. The van der Waals surface area contributed by atoms with Gasteiger partial charge in [-0.15, -0.1) is 0 Å². The Labute approximate surface area is 78.5 Å². The lowest BCUT2D eigenvalue weighted by Crippen LogP contribution is -2.25. The first-order valence-corrected chi connectivity index (χ1v) is 4.80. The van der Waals surface area contributed by atoms with Crippen LogP contribution in [0.5, 0.6) is 0 Å². The van der Waals surface area contributed by atoms with Crippen LogP contribution in [0, 0.1) is 17.8 Å². The molecule has 0 spiro atoms. The van der Waals surface area contributed by atoms with E-state index < -0.39 is 12.1 Å². The van der Waals surface area contributed by atoms with Crippen molar-refractivity contribution in [1.82, 2.24) is 0 Å². The lowest BCUT2D eigenvalue weighted by Gasteiger charge is -2.23. The zero-order chi connectivity index (χ0) is 10.6. The van der Waals surface area contributed by atoms with Crippen molar-refractivity contribution in [3.63, 3.8) is 0 Å². The summed E-state index contributed by atoms with van der Waals surface area (Å²) in [5.41, 5.74) is 0. The molecule has 0 aromatic rings. The summed E-state index contributed by atoms with van der Waals surface area (Å²) in [4.78, 5) is 0. The number of halogens is 3. The van der Waals surface area contributed by atoms with Crippen LogP contribution in [0.1, 0.15) is 40.5 Å². The highest BCUT2D eigenvalue weighted by molar-refractivity contribution is 4.70. The van der Waals surface area contributed by atoms with E-state index in [1.807, 2.05) is 27.7 Å². The quantitative estimate of drug-likeness (QED) is 0.630. The van der Waals surface area contributed by atoms with E-state index in [4.69, 9.17) is 0 Å². The summed E-state index contributed by atoms with van der Waals surface area (Å²) in [7, 11) is 0. The fourth-order valence-electron chi connectivity index (χ4n) is 1.50. The molecule has 0 amide bonds. The first-order chi connectivity index (χ1) is 5.73. The van der Waals surface area contributed by atoms with Gasteiger partial charge in [0.05, 0.1) is 5.92 Å². The molecule has 0 nitrogen and oxygen atoms in total. The third-order valence-corrected chi connectivity index (χ3v) is 1.97. The van der Waals surface area contributed by atoms with Crippen LogP contribution in [0.4, 0.5) is 13.2 Å². The van der Waals surface area contributed by atoms with Crippen LogP contribution < -0.4 is 0 Å². The molecule has 0 heterocycles. The molecule has 0 aliphatic rings. The first kappa shape index (κ1) is 12.8. The molecule has 0 saturated carbocycles. The number of hydrogen-bond donors (Lipinski definition) is 0. The molecule has 0 aromatic heterocycles. The van der Waals surface area contributed by atoms with E-state index in [1.165, 1.54) is 0 Å². The lowest BCUT2D eigenvalue weighted by molar-refractivity contribution is -0.182. The van der Waals surface area contributed by atoms with Crippen molar-refractivity contribution in [2.45, 2.75) is 46.7 Å². The Hall–Kier alpha value is -0.210. The van der Waals surface area contributed by atoms with E-state index in [1.54, 1.807) is 0 Å². The molecule has 0 bridgehead atoms. The Morgan fingerprint density at radius 3 is 1.31 bits per heavy atom. The zero-order valence-corrected chi connectivity index (χ0v) is 8.78. The van der Waals surface area contributed by atoms with Crippen LogP contribution in [0.25, 0.3) is 0 Å². The second-order valence-electron chi connectivity index (χ2n) is 4.50. The molecule has 3 heteroatoms. The summed E-state index contributed by atoms with van der Waals surface area (Å²) in [6, 6.07) is 0. The van der Waals surface area contributed by atoms with E-state index >= 15 is 0 Å². The van der Waals surface area contributed by atoms with E-state index in [-0.39, 0.29) is 24.7 Å². The smallest absolute Gasteiger partial charge is 0.171 e. The van der Waals surface area contributed by atoms with Gasteiger partial charge in [0.25, 0.3) is 0 Å². The van der Waals surface area contributed by atoms with Gasteiger partial charge in [-0.2, -0.15) is 13.2 Å². The molecular weight excluding hydrogens is 177 g/mol. The van der Waals surface area contributed by atoms with Crippen molar-refractivity contribution in [2.24, 2.45) is 17.8 Å². The molecule has 0 saturated heterocycles. The van der Waals surface area contributed by atoms with Gasteiger partial charge in [0.1, 0.15) is 0 Å². The van der Waals surface area contributed by atoms with Crippen LogP contribution in [-0.2, 0) is 0 Å². The topological polar surface area (TPSA) is 0 Å².